The minimum absolute atomic E-state index is 0. The molecule has 0 aliphatic carbocycles. The SMILES string of the molecule is C=CCOP(=S)([S-])OCCCCC.C=CCOP(=S)([S-])OCCCCC.[Zn+2]. The van der Waals surface area contributed by atoms with Crippen molar-refractivity contribution in [3.63, 3.8) is 0 Å². The first-order chi connectivity index (χ1) is 12.2. The van der Waals surface area contributed by atoms with Gasteiger partial charge in [0.25, 0.3) is 0 Å². The fraction of sp³-hybridized carbons (Fsp3) is 0.750. The second-order valence-electron chi connectivity index (χ2n) is 5.14. The Labute approximate surface area is 200 Å². The Morgan fingerprint density at radius 2 is 1.07 bits per heavy atom. The average Bonchev–Trinajstić information content (AvgIpc) is 2.60. The second kappa shape index (κ2) is 22.6. The Balaban J connectivity index is -0.000000411. The van der Waals surface area contributed by atoms with Crippen molar-refractivity contribution in [2.75, 3.05) is 26.4 Å². The van der Waals surface area contributed by atoms with Crippen LogP contribution in [0.2, 0.25) is 0 Å². The zero-order valence-corrected chi connectivity index (χ0v) is 24.5. The molecule has 0 spiro atoms. The Morgan fingerprint density at radius 1 is 0.741 bits per heavy atom. The molecule has 156 valence electrons. The number of unbranched alkanes of at least 4 members (excludes halogenated alkanes) is 4. The van der Waals surface area contributed by atoms with Gasteiger partial charge in [-0.2, -0.15) is 0 Å². The normalized spacial score (nSPS) is 14.7. The largest absolute Gasteiger partial charge is 2.00 e. The van der Waals surface area contributed by atoms with Crippen LogP contribution in [-0.2, 0) is 85.7 Å². The number of hydrogen-bond acceptors (Lipinski definition) is 8. The van der Waals surface area contributed by atoms with Crippen LogP contribution in [0.3, 0.4) is 0 Å². The Bertz CT molecular complexity index is 416. The summed E-state index contributed by atoms with van der Waals surface area (Å²) in [5, 5.41) is 0. The van der Waals surface area contributed by atoms with E-state index in [0.29, 0.717) is 26.4 Å². The first-order valence-corrected chi connectivity index (χ1v) is 16.0. The van der Waals surface area contributed by atoms with Gasteiger partial charge in [-0.05, 0) is 12.8 Å². The van der Waals surface area contributed by atoms with Crippen molar-refractivity contribution in [2.45, 2.75) is 52.4 Å². The predicted molar refractivity (Wildman–Crippen MR) is 127 cm³/mol. The van der Waals surface area contributed by atoms with Crippen LogP contribution in [0.5, 0.6) is 0 Å². The van der Waals surface area contributed by atoms with Crippen molar-refractivity contribution >= 4 is 59.5 Å². The zero-order valence-electron chi connectivity index (χ0n) is 16.5. The van der Waals surface area contributed by atoms with Crippen molar-refractivity contribution in [2.24, 2.45) is 0 Å². The molecule has 0 saturated heterocycles. The van der Waals surface area contributed by atoms with Crippen LogP contribution in [0.1, 0.15) is 52.4 Å². The molecule has 0 rings (SSSR count). The second-order valence-corrected chi connectivity index (χ2v) is 15.1. The molecular formula is C16H32O4P2S4Zn. The van der Waals surface area contributed by atoms with Crippen LogP contribution >= 0.6 is 11.4 Å². The van der Waals surface area contributed by atoms with E-state index in [1.807, 2.05) is 0 Å². The maximum absolute atomic E-state index is 5.30. The smallest absolute Gasteiger partial charge is 0.691 e. The zero-order chi connectivity index (χ0) is 20.3. The molecule has 0 heterocycles. The summed E-state index contributed by atoms with van der Waals surface area (Å²) in [5.74, 6) is 0. The van der Waals surface area contributed by atoms with Crippen LogP contribution in [0, 0.1) is 0 Å². The summed E-state index contributed by atoms with van der Waals surface area (Å²) in [4.78, 5) is 0. The molecule has 2 atom stereocenters. The Hall–Kier alpha value is 1.94. The summed E-state index contributed by atoms with van der Waals surface area (Å²) in [6.45, 7) is 13.3. The summed E-state index contributed by atoms with van der Waals surface area (Å²) >= 11 is 20.0. The van der Waals surface area contributed by atoms with Gasteiger partial charge in [0.15, 0.2) is 0 Å². The Kier molecular flexibility index (Phi) is 28.1. The first kappa shape index (κ1) is 33.6. The summed E-state index contributed by atoms with van der Waals surface area (Å²) < 4.78 is 20.9. The molecule has 0 bridgehead atoms. The third-order valence-electron chi connectivity index (χ3n) is 2.70. The van der Waals surface area contributed by atoms with E-state index in [0.717, 1.165) is 38.5 Å². The van der Waals surface area contributed by atoms with Crippen LogP contribution in [-0.4, -0.2) is 26.4 Å². The Morgan fingerprint density at radius 3 is 1.33 bits per heavy atom. The number of rotatable bonds is 16. The maximum atomic E-state index is 5.30. The van der Waals surface area contributed by atoms with Crippen LogP contribution < -0.4 is 0 Å². The minimum atomic E-state index is -2.40. The molecule has 0 aromatic carbocycles. The van der Waals surface area contributed by atoms with Gasteiger partial charge in [-0.1, -0.05) is 75.3 Å². The van der Waals surface area contributed by atoms with Gasteiger partial charge < -0.3 is 42.6 Å². The van der Waals surface area contributed by atoms with Gasteiger partial charge in [0.05, 0.1) is 37.8 Å². The van der Waals surface area contributed by atoms with Crippen molar-refractivity contribution in [1.29, 1.82) is 0 Å². The molecule has 0 N–H and O–H groups in total. The molecule has 27 heavy (non-hydrogen) atoms. The summed E-state index contributed by atoms with van der Waals surface area (Å²) in [6.07, 6.45) is 9.88. The topological polar surface area (TPSA) is 36.9 Å². The molecule has 0 aliphatic rings. The van der Waals surface area contributed by atoms with Crippen molar-refractivity contribution in [3.8, 4) is 0 Å². The van der Waals surface area contributed by atoms with Gasteiger partial charge in [0, 0.05) is 0 Å². The van der Waals surface area contributed by atoms with E-state index in [9.17, 15) is 0 Å². The molecular weight excluding hydrogens is 512 g/mol. The molecule has 0 aromatic heterocycles. The van der Waals surface area contributed by atoms with Gasteiger partial charge in [-0.15, -0.1) is 13.2 Å². The molecule has 11 heteroatoms. The molecule has 0 radical (unpaired) electrons. The van der Waals surface area contributed by atoms with Crippen LogP contribution in [0.25, 0.3) is 0 Å². The standard InChI is InChI=1S/2C8H17O2PS2.Zn/c2*1-3-5-6-8-10-11(12,13)9-7-4-2;/h2*4H,2-3,5-8H2,1H3,(H,12,13);/q;;+2/p-2. The molecule has 0 aromatic rings. The fourth-order valence-electron chi connectivity index (χ4n) is 1.42. The van der Waals surface area contributed by atoms with E-state index in [1.54, 1.807) is 12.2 Å². The van der Waals surface area contributed by atoms with E-state index in [1.165, 1.54) is 0 Å². The predicted octanol–water partition coefficient (Wildman–Crippen LogP) is 6.33. The van der Waals surface area contributed by atoms with E-state index < -0.39 is 11.4 Å². The molecule has 0 fully saturated rings. The van der Waals surface area contributed by atoms with Gasteiger partial charge in [0.1, 0.15) is 0 Å². The van der Waals surface area contributed by atoms with Crippen LogP contribution in [0.4, 0.5) is 0 Å². The number of hydrogen-bond donors (Lipinski definition) is 0. The van der Waals surface area contributed by atoms with Gasteiger partial charge in [-0.3, -0.25) is 0 Å². The molecule has 2 unspecified atom stereocenters. The third kappa shape index (κ3) is 27.9. The third-order valence-corrected chi connectivity index (χ3v) is 7.15. The van der Waals surface area contributed by atoms with E-state index >= 15 is 0 Å². The minimum Gasteiger partial charge on any atom is -0.691 e. The molecule has 4 nitrogen and oxygen atoms in total. The van der Waals surface area contributed by atoms with Gasteiger partial charge >= 0.3 is 19.5 Å². The first-order valence-electron chi connectivity index (χ1n) is 8.66. The summed E-state index contributed by atoms with van der Waals surface area (Å²) in [6, 6.07) is 0. The monoisotopic (exact) mass is 542 g/mol. The van der Waals surface area contributed by atoms with Crippen molar-refractivity contribution in [3.05, 3.63) is 25.3 Å². The van der Waals surface area contributed by atoms with Gasteiger partial charge in [0.2, 0.25) is 0 Å². The quantitative estimate of drug-likeness (QED) is 0.0735. The summed E-state index contributed by atoms with van der Waals surface area (Å²) in [5.41, 5.74) is -4.81. The van der Waals surface area contributed by atoms with Gasteiger partial charge in [-0.25, -0.2) is 0 Å². The fourth-order valence-corrected chi connectivity index (χ4v) is 4.47. The van der Waals surface area contributed by atoms with Crippen molar-refractivity contribution in [1.82, 2.24) is 0 Å². The maximum Gasteiger partial charge on any atom is 2.00 e. The average molecular weight is 544 g/mol. The molecule has 0 saturated carbocycles. The van der Waals surface area contributed by atoms with E-state index in [2.05, 4.69) is 27.0 Å². The molecule has 0 amide bonds. The summed E-state index contributed by atoms with van der Waals surface area (Å²) in [7, 11) is 0. The van der Waals surface area contributed by atoms with E-state index in [4.69, 9.17) is 66.2 Å². The molecule has 0 aliphatic heterocycles. The van der Waals surface area contributed by atoms with Crippen molar-refractivity contribution < 1.29 is 37.6 Å². The van der Waals surface area contributed by atoms with E-state index in [-0.39, 0.29) is 19.5 Å². The van der Waals surface area contributed by atoms with Crippen LogP contribution in [0.15, 0.2) is 25.3 Å².